The number of likely N-dealkylation sites (tertiary alicyclic amines) is 1. The molecule has 2 saturated heterocycles. The van der Waals surface area contributed by atoms with Crippen LogP contribution in [0.5, 0.6) is 0 Å². The number of nitrogens with zero attached hydrogens (tertiary/aromatic N) is 1. The Balaban J connectivity index is 1.60. The van der Waals surface area contributed by atoms with E-state index in [-0.39, 0.29) is 5.91 Å². The van der Waals surface area contributed by atoms with Gasteiger partial charge in [-0.2, -0.15) is 0 Å². The molecule has 1 unspecified atom stereocenters. The fraction of sp³-hybridized carbons (Fsp3) is 0.938. The van der Waals surface area contributed by atoms with Crippen molar-refractivity contribution in [2.75, 3.05) is 32.7 Å². The van der Waals surface area contributed by atoms with E-state index in [1.54, 1.807) is 0 Å². The second kappa shape index (κ2) is 8.63. The highest BCUT2D eigenvalue weighted by Crippen LogP contribution is 2.15. The van der Waals surface area contributed by atoms with Gasteiger partial charge in [-0.3, -0.25) is 4.79 Å². The Hall–Kier alpha value is -0.610. The minimum Gasteiger partial charge on any atom is -0.353 e. The summed E-state index contributed by atoms with van der Waals surface area (Å²) < 4.78 is 0. The largest absolute Gasteiger partial charge is 0.353 e. The first-order valence-corrected chi connectivity index (χ1v) is 8.50. The molecular weight excluding hydrogens is 250 g/mol. The number of rotatable bonds is 6. The van der Waals surface area contributed by atoms with E-state index in [2.05, 4.69) is 22.5 Å². The molecule has 0 aromatic heterocycles. The molecule has 1 amide bonds. The van der Waals surface area contributed by atoms with Gasteiger partial charge in [-0.25, -0.2) is 0 Å². The van der Waals surface area contributed by atoms with Crippen molar-refractivity contribution in [1.29, 1.82) is 0 Å². The second-order valence-corrected chi connectivity index (χ2v) is 6.45. The number of carbonyl (C=O) groups is 1. The van der Waals surface area contributed by atoms with Crippen LogP contribution < -0.4 is 10.6 Å². The number of nitrogens with one attached hydrogen (secondary N) is 2. The van der Waals surface area contributed by atoms with Gasteiger partial charge in [0.15, 0.2) is 0 Å². The Morgan fingerprint density at radius 1 is 1.30 bits per heavy atom. The lowest BCUT2D eigenvalue weighted by molar-refractivity contribution is -0.123. The van der Waals surface area contributed by atoms with Crippen molar-refractivity contribution < 1.29 is 4.79 Å². The summed E-state index contributed by atoms with van der Waals surface area (Å²) in [5.74, 6) is 0.819. The predicted octanol–water partition coefficient (Wildman–Crippen LogP) is 1.76. The average Bonchev–Trinajstić information content (AvgIpc) is 2.47. The number of piperidine rings is 2. The summed E-state index contributed by atoms with van der Waals surface area (Å²) in [5.41, 5.74) is 0. The van der Waals surface area contributed by atoms with Crippen LogP contribution in [0.2, 0.25) is 0 Å². The maximum absolute atomic E-state index is 12.1. The molecule has 116 valence electrons. The summed E-state index contributed by atoms with van der Waals surface area (Å²) in [4.78, 5) is 14.6. The van der Waals surface area contributed by atoms with Crippen LogP contribution in [0.3, 0.4) is 0 Å². The van der Waals surface area contributed by atoms with E-state index in [1.165, 1.54) is 32.2 Å². The molecule has 2 rings (SSSR count). The van der Waals surface area contributed by atoms with Gasteiger partial charge in [-0.1, -0.05) is 13.3 Å². The number of hydrogen-bond donors (Lipinski definition) is 2. The summed E-state index contributed by atoms with van der Waals surface area (Å²) in [5, 5.41) is 6.63. The third-order valence-corrected chi connectivity index (χ3v) is 4.65. The molecule has 2 aliphatic heterocycles. The SMILES string of the molecule is CCCCN1CCC(NC(=O)CC2CCCNC2)CC1. The molecule has 0 saturated carbocycles. The molecule has 0 spiro atoms. The van der Waals surface area contributed by atoms with Crippen LogP contribution in [0, 0.1) is 5.92 Å². The summed E-state index contributed by atoms with van der Waals surface area (Å²) in [6.07, 6.45) is 7.95. The highest BCUT2D eigenvalue weighted by molar-refractivity contribution is 5.76. The lowest BCUT2D eigenvalue weighted by Crippen LogP contribution is -2.45. The lowest BCUT2D eigenvalue weighted by Gasteiger charge is -2.32. The van der Waals surface area contributed by atoms with Gasteiger partial charge in [0.1, 0.15) is 0 Å². The van der Waals surface area contributed by atoms with Crippen molar-refractivity contribution in [1.82, 2.24) is 15.5 Å². The monoisotopic (exact) mass is 281 g/mol. The van der Waals surface area contributed by atoms with Crippen molar-refractivity contribution in [3.8, 4) is 0 Å². The Morgan fingerprint density at radius 2 is 2.10 bits per heavy atom. The molecule has 1 atom stereocenters. The van der Waals surface area contributed by atoms with Gasteiger partial charge in [-0.05, 0) is 57.7 Å². The highest BCUT2D eigenvalue weighted by Gasteiger charge is 2.22. The number of carbonyl (C=O) groups excluding carboxylic acids is 1. The summed E-state index contributed by atoms with van der Waals surface area (Å²) in [7, 11) is 0. The predicted molar refractivity (Wildman–Crippen MR) is 82.7 cm³/mol. The molecule has 0 aromatic carbocycles. The Labute approximate surface area is 123 Å². The van der Waals surface area contributed by atoms with Gasteiger partial charge >= 0.3 is 0 Å². The molecule has 4 nitrogen and oxygen atoms in total. The fourth-order valence-corrected chi connectivity index (χ4v) is 3.33. The van der Waals surface area contributed by atoms with Crippen LogP contribution in [0.1, 0.15) is 51.9 Å². The van der Waals surface area contributed by atoms with Crippen LogP contribution in [0.25, 0.3) is 0 Å². The van der Waals surface area contributed by atoms with Gasteiger partial charge in [0.25, 0.3) is 0 Å². The van der Waals surface area contributed by atoms with Crippen LogP contribution in [0.15, 0.2) is 0 Å². The zero-order valence-electron chi connectivity index (χ0n) is 13.0. The van der Waals surface area contributed by atoms with Gasteiger partial charge in [0.05, 0.1) is 0 Å². The molecular formula is C16H31N3O. The number of unbranched alkanes of at least 4 members (excludes halogenated alkanes) is 1. The fourth-order valence-electron chi connectivity index (χ4n) is 3.33. The third-order valence-electron chi connectivity index (χ3n) is 4.65. The van der Waals surface area contributed by atoms with Crippen molar-refractivity contribution >= 4 is 5.91 Å². The zero-order chi connectivity index (χ0) is 14.2. The maximum Gasteiger partial charge on any atom is 0.220 e. The average molecular weight is 281 g/mol. The van der Waals surface area contributed by atoms with E-state index in [0.29, 0.717) is 18.4 Å². The standard InChI is InChI=1S/C16H31N3O/c1-2-3-9-19-10-6-15(7-11-19)18-16(20)12-14-5-4-8-17-13-14/h14-15,17H,2-13H2,1H3,(H,18,20). The van der Waals surface area contributed by atoms with Crippen LogP contribution in [-0.4, -0.2) is 49.6 Å². The zero-order valence-corrected chi connectivity index (χ0v) is 13.0. The topological polar surface area (TPSA) is 44.4 Å². The summed E-state index contributed by atoms with van der Waals surface area (Å²) in [6, 6.07) is 0.414. The van der Waals surface area contributed by atoms with Crippen LogP contribution in [-0.2, 0) is 4.79 Å². The van der Waals surface area contributed by atoms with E-state index < -0.39 is 0 Å². The van der Waals surface area contributed by atoms with Gasteiger partial charge in [0.2, 0.25) is 5.91 Å². The van der Waals surface area contributed by atoms with Gasteiger partial charge in [-0.15, -0.1) is 0 Å². The molecule has 0 aromatic rings. The first kappa shape index (κ1) is 15.8. The molecule has 2 heterocycles. The first-order chi connectivity index (χ1) is 9.78. The first-order valence-electron chi connectivity index (χ1n) is 8.50. The lowest BCUT2D eigenvalue weighted by atomic mass is 9.95. The normalized spacial score (nSPS) is 25.6. The van der Waals surface area contributed by atoms with Crippen LogP contribution >= 0.6 is 0 Å². The van der Waals surface area contributed by atoms with Crippen molar-refractivity contribution in [3.63, 3.8) is 0 Å². The highest BCUT2D eigenvalue weighted by atomic mass is 16.1. The summed E-state index contributed by atoms with van der Waals surface area (Å²) in [6.45, 7) is 7.90. The van der Waals surface area contributed by atoms with Crippen molar-refractivity contribution in [2.45, 2.75) is 57.9 Å². The summed E-state index contributed by atoms with van der Waals surface area (Å²) >= 11 is 0. The van der Waals surface area contributed by atoms with E-state index in [0.717, 1.165) is 39.0 Å². The number of hydrogen-bond acceptors (Lipinski definition) is 3. The molecule has 0 bridgehead atoms. The second-order valence-electron chi connectivity index (χ2n) is 6.45. The van der Waals surface area contributed by atoms with E-state index in [4.69, 9.17) is 0 Å². The smallest absolute Gasteiger partial charge is 0.220 e. The Kier molecular flexibility index (Phi) is 6.80. The van der Waals surface area contributed by atoms with E-state index in [1.807, 2.05) is 0 Å². The van der Waals surface area contributed by atoms with E-state index >= 15 is 0 Å². The molecule has 2 N–H and O–H groups in total. The van der Waals surface area contributed by atoms with E-state index in [9.17, 15) is 4.79 Å². The number of amides is 1. The van der Waals surface area contributed by atoms with Crippen molar-refractivity contribution in [3.05, 3.63) is 0 Å². The van der Waals surface area contributed by atoms with Crippen LogP contribution in [0.4, 0.5) is 0 Å². The minimum absolute atomic E-state index is 0.269. The molecule has 20 heavy (non-hydrogen) atoms. The Morgan fingerprint density at radius 3 is 2.75 bits per heavy atom. The minimum atomic E-state index is 0.269. The molecule has 2 aliphatic rings. The van der Waals surface area contributed by atoms with Crippen molar-refractivity contribution in [2.24, 2.45) is 5.92 Å². The van der Waals surface area contributed by atoms with Gasteiger partial charge in [0, 0.05) is 25.6 Å². The quantitative estimate of drug-likeness (QED) is 0.780. The Bertz CT molecular complexity index is 281. The van der Waals surface area contributed by atoms with Gasteiger partial charge < -0.3 is 15.5 Å². The molecule has 2 fully saturated rings. The molecule has 0 radical (unpaired) electrons. The molecule has 0 aliphatic carbocycles. The maximum atomic E-state index is 12.1. The molecule has 4 heteroatoms. The third kappa shape index (κ3) is 5.41.